The molecule has 0 aliphatic carbocycles. The molecule has 0 radical (unpaired) electrons. The van der Waals surface area contributed by atoms with Gasteiger partial charge in [-0.25, -0.2) is 5.43 Å². The number of aliphatic carboxylic acids is 2. The van der Waals surface area contributed by atoms with Crippen molar-refractivity contribution in [2.75, 3.05) is 5.43 Å². The van der Waals surface area contributed by atoms with Gasteiger partial charge in [0.15, 0.2) is 0 Å². The van der Waals surface area contributed by atoms with Crippen molar-refractivity contribution >= 4 is 23.3 Å². The maximum atomic E-state index is 10.9. The van der Waals surface area contributed by atoms with E-state index in [-0.39, 0.29) is 18.5 Å². The van der Waals surface area contributed by atoms with Crippen molar-refractivity contribution < 1.29 is 24.7 Å². The van der Waals surface area contributed by atoms with Gasteiger partial charge in [-0.2, -0.15) is 0 Å². The lowest BCUT2D eigenvalue weighted by atomic mass is 10.2. The molecular weight excluding hydrogens is 270 g/mol. The highest BCUT2D eigenvalue weighted by Crippen LogP contribution is 2.14. The number of anilines is 1. The van der Waals surface area contributed by atoms with Crippen molar-refractivity contribution in [2.45, 2.75) is 18.9 Å². The maximum absolute atomic E-state index is 10.9. The number of nitro groups is 1. The van der Waals surface area contributed by atoms with Crippen LogP contribution < -0.4 is 10.9 Å². The molecule has 1 aromatic rings. The van der Waals surface area contributed by atoms with E-state index in [1.165, 1.54) is 24.3 Å². The Hall–Kier alpha value is -2.68. The number of nitrogens with zero attached hydrogens (tertiary/aromatic N) is 1. The molecule has 0 saturated carbocycles. The number of hydrazine groups is 1. The molecule has 0 saturated heterocycles. The molecule has 9 heteroatoms. The number of nitrogens with one attached hydrogen (secondary N) is 2. The summed E-state index contributed by atoms with van der Waals surface area (Å²) in [5.41, 5.74) is 5.37. The fourth-order valence-corrected chi connectivity index (χ4v) is 1.36. The second kappa shape index (κ2) is 7.04. The van der Waals surface area contributed by atoms with Gasteiger partial charge in [-0.1, -0.05) is 0 Å². The van der Waals surface area contributed by atoms with Crippen LogP contribution in [0.2, 0.25) is 0 Å². The average Bonchev–Trinajstić information content (AvgIpc) is 2.38. The largest absolute Gasteiger partial charge is 0.481 e. The molecule has 0 aliphatic heterocycles. The Bertz CT molecular complexity index is 501. The fourth-order valence-electron chi connectivity index (χ4n) is 1.36. The first-order chi connectivity index (χ1) is 9.40. The summed E-state index contributed by atoms with van der Waals surface area (Å²) in [6.07, 6.45) is -0.378. The van der Waals surface area contributed by atoms with Crippen molar-refractivity contribution in [3.8, 4) is 0 Å². The SMILES string of the molecule is O=C(O)CC[C@H](NNc1ccc([N+](=O)[O-])cc1)C(=O)O. The second-order valence-electron chi connectivity index (χ2n) is 3.90. The highest BCUT2D eigenvalue weighted by atomic mass is 16.6. The van der Waals surface area contributed by atoms with Crippen molar-refractivity contribution in [2.24, 2.45) is 0 Å². The molecular formula is C11H13N3O6. The molecule has 0 spiro atoms. The number of hydrogen-bond acceptors (Lipinski definition) is 6. The number of carboxylic acids is 2. The van der Waals surface area contributed by atoms with Crippen LogP contribution >= 0.6 is 0 Å². The fraction of sp³-hybridized carbons (Fsp3) is 0.273. The second-order valence-corrected chi connectivity index (χ2v) is 3.90. The minimum absolute atomic E-state index is 0.0868. The standard InChI is InChI=1S/C11H13N3O6/c15-10(16)6-5-9(11(17)18)13-12-7-1-3-8(4-2-7)14(19)20/h1-4,9,12-13H,5-6H2,(H,15,16)(H,17,18)/t9-/m0/s1. The number of rotatable bonds is 8. The summed E-state index contributed by atoms with van der Waals surface area (Å²) >= 11 is 0. The van der Waals surface area contributed by atoms with E-state index in [4.69, 9.17) is 10.2 Å². The quantitative estimate of drug-likeness (QED) is 0.406. The Balaban J connectivity index is 2.56. The van der Waals surface area contributed by atoms with E-state index in [2.05, 4.69) is 10.9 Å². The van der Waals surface area contributed by atoms with E-state index in [9.17, 15) is 19.7 Å². The van der Waals surface area contributed by atoms with E-state index < -0.39 is 22.9 Å². The maximum Gasteiger partial charge on any atom is 0.322 e. The van der Waals surface area contributed by atoms with Crippen molar-refractivity contribution in [3.63, 3.8) is 0 Å². The molecule has 0 amide bonds. The predicted molar refractivity (Wildman–Crippen MR) is 68.1 cm³/mol. The number of non-ortho nitro benzene ring substituents is 1. The highest BCUT2D eigenvalue weighted by Gasteiger charge is 2.18. The number of hydrogen-bond donors (Lipinski definition) is 4. The summed E-state index contributed by atoms with van der Waals surface area (Å²) in [4.78, 5) is 31.2. The van der Waals surface area contributed by atoms with Crippen LogP contribution in [0.3, 0.4) is 0 Å². The lowest BCUT2D eigenvalue weighted by molar-refractivity contribution is -0.384. The molecule has 9 nitrogen and oxygen atoms in total. The monoisotopic (exact) mass is 283 g/mol. The average molecular weight is 283 g/mol. The van der Waals surface area contributed by atoms with Crippen LogP contribution in [0.1, 0.15) is 12.8 Å². The van der Waals surface area contributed by atoms with Crippen LogP contribution in [0.5, 0.6) is 0 Å². The Morgan fingerprint density at radius 3 is 2.30 bits per heavy atom. The van der Waals surface area contributed by atoms with E-state index in [1.54, 1.807) is 0 Å². The Morgan fingerprint density at radius 1 is 1.25 bits per heavy atom. The number of carboxylic acid groups (broad SMARTS) is 2. The molecule has 0 heterocycles. The van der Waals surface area contributed by atoms with Crippen LogP contribution in [0.25, 0.3) is 0 Å². The first-order valence-corrected chi connectivity index (χ1v) is 5.60. The number of benzene rings is 1. The third kappa shape index (κ3) is 4.90. The minimum Gasteiger partial charge on any atom is -0.481 e. The van der Waals surface area contributed by atoms with Crippen LogP contribution in [-0.4, -0.2) is 33.1 Å². The van der Waals surface area contributed by atoms with Gasteiger partial charge in [0.05, 0.1) is 4.92 Å². The van der Waals surface area contributed by atoms with Gasteiger partial charge in [0.25, 0.3) is 5.69 Å². The lowest BCUT2D eigenvalue weighted by Crippen LogP contribution is -2.40. The zero-order valence-corrected chi connectivity index (χ0v) is 10.3. The Labute approximate surface area is 113 Å². The first kappa shape index (κ1) is 15.4. The van der Waals surface area contributed by atoms with Crippen LogP contribution in [0, 0.1) is 10.1 Å². The van der Waals surface area contributed by atoms with E-state index in [1.807, 2.05) is 0 Å². The minimum atomic E-state index is -1.19. The summed E-state index contributed by atoms with van der Waals surface area (Å²) in [6, 6.07) is 4.25. The van der Waals surface area contributed by atoms with Gasteiger partial charge in [-0.3, -0.25) is 19.7 Å². The third-order valence-electron chi connectivity index (χ3n) is 2.41. The smallest absolute Gasteiger partial charge is 0.322 e. The van der Waals surface area contributed by atoms with Gasteiger partial charge in [-0.05, 0) is 18.6 Å². The molecule has 0 fully saturated rings. The van der Waals surface area contributed by atoms with Gasteiger partial charge >= 0.3 is 11.9 Å². The highest BCUT2D eigenvalue weighted by molar-refractivity contribution is 5.75. The van der Waals surface area contributed by atoms with Gasteiger partial charge in [0.1, 0.15) is 6.04 Å². The molecule has 1 atom stereocenters. The van der Waals surface area contributed by atoms with Gasteiger partial charge in [-0.15, -0.1) is 0 Å². The lowest BCUT2D eigenvalue weighted by Gasteiger charge is -2.15. The Morgan fingerprint density at radius 2 is 1.85 bits per heavy atom. The normalized spacial score (nSPS) is 11.6. The number of nitro benzene ring substituents is 1. The summed E-state index contributed by atoms with van der Waals surface area (Å²) in [5, 5.41) is 27.9. The topological polar surface area (TPSA) is 142 Å². The van der Waals surface area contributed by atoms with Crippen molar-refractivity contribution in [1.82, 2.24) is 5.43 Å². The van der Waals surface area contributed by atoms with E-state index in [0.717, 1.165) is 0 Å². The summed E-state index contributed by atoms with van der Waals surface area (Å²) in [5.74, 6) is -2.28. The zero-order chi connectivity index (χ0) is 15.1. The molecule has 108 valence electrons. The summed E-state index contributed by atoms with van der Waals surface area (Å²) in [6.45, 7) is 0. The van der Waals surface area contributed by atoms with Crippen LogP contribution in [-0.2, 0) is 9.59 Å². The molecule has 20 heavy (non-hydrogen) atoms. The first-order valence-electron chi connectivity index (χ1n) is 5.60. The Kier molecular flexibility index (Phi) is 5.42. The van der Waals surface area contributed by atoms with Crippen LogP contribution in [0.4, 0.5) is 11.4 Å². The van der Waals surface area contributed by atoms with Gasteiger partial charge in [0, 0.05) is 24.2 Å². The van der Waals surface area contributed by atoms with Gasteiger partial charge in [0.2, 0.25) is 0 Å². The zero-order valence-electron chi connectivity index (χ0n) is 10.3. The van der Waals surface area contributed by atoms with Crippen molar-refractivity contribution in [1.29, 1.82) is 0 Å². The summed E-state index contributed by atoms with van der Waals surface area (Å²) in [7, 11) is 0. The van der Waals surface area contributed by atoms with E-state index in [0.29, 0.717) is 5.69 Å². The predicted octanol–water partition coefficient (Wildman–Crippen LogP) is 0.829. The summed E-state index contributed by atoms with van der Waals surface area (Å²) < 4.78 is 0. The molecule has 1 rings (SSSR count). The third-order valence-corrected chi connectivity index (χ3v) is 2.41. The molecule has 0 aromatic heterocycles. The molecule has 1 aromatic carbocycles. The molecule has 0 aliphatic rings. The molecule has 0 bridgehead atoms. The molecule has 4 N–H and O–H groups in total. The van der Waals surface area contributed by atoms with Crippen molar-refractivity contribution in [3.05, 3.63) is 34.4 Å². The van der Waals surface area contributed by atoms with E-state index >= 15 is 0 Å². The molecule has 0 unspecified atom stereocenters. The van der Waals surface area contributed by atoms with Gasteiger partial charge < -0.3 is 15.6 Å². The number of carbonyl (C=O) groups is 2. The van der Waals surface area contributed by atoms with Crippen LogP contribution in [0.15, 0.2) is 24.3 Å².